The van der Waals surface area contributed by atoms with Gasteiger partial charge in [-0.15, -0.1) is 0 Å². The van der Waals surface area contributed by atoms with Crippen LogP contribution >= 0.6 is 23.2 Å². The molecule has 1 aromatic carbocycles. The van der Waals surface area contributed by atoms with Crippen LogP contribution in [0.1, 0.15) is 43.2 Å². The first-order valence-electron chi connectivity index (χ1n) is 8.86. The summed E-state index contributed by atoms with van der Waals surface area (Å²) >= 11 is 12.2. The summed E-state index contributed by atoms with van der Waals surface area (Å²) in [6.07, 6.45) is 9.10. The van der Waals surface area contributed by atoms with E-state index in [1.807, 2.05) is 30.5 Å². The minimum absolute atomic E-state index is 0.129. The Hall–Kier alpha value is -1.58. The Balaban J connectivity index is 1.66. The third-order valence-electron chi connectivity index (χ3n) is 5.37. The van der Waals surface area contributed by atoms with Gasteiger partial charge in [0.05, 0.1) is 16.6 Å². The Morgan fingerprint density at radius 3 is 2.72 bits per heavy atom. The highest BCUT2D eigenvalue weighted by atomic mass is 35.5. The van der Waals surface area contributed by atoms with Gasteiger partial charge in [0.15, 0.2) is 0 Å². The monoisotopic (exact) mass is 373 g/mol. The maximum atomic E-state index is 6.14. The van der Waals surface area contributed by atoms with Crippen LogP contribution in [0, 0.1) is 5.41 Å². The van der Waals surface area contributed by atoms with Gasteiger partial charge in [-0.1, -0.05) is 54.6 Å². The fourth-order valence-corrected chi connectivity index (χ4v) is 4.37. The van der Waals surface area contributed by atoms with Crippen LogP contribution in [0.15, 0.2) is 41.5 Å². The molecule has 0 unspecified atom stereocenters. The summed E-state index contributed by atoms with van der Waals surface area (Å²) < 4.78 is 0. The van der Waals surface area contributed by atoms with Gasteiger partial charge in [0, 0.05) is 11.6 Å². The van der Waals surface area contributed by atoms with Crippen molar-refractivity contribution in [3.63, 3.8) is 0 Å². The van der Waals surface area contributed by atoms with Gasteiger partial charge in [0.1, 0.15) is 11.7 Å². The molecule has 2 aromatic rings. The lowest BCUT2D eigenvalue weighted by Gasteiger charge is -2.42. The molecule has 25 heavy (non-hydrogen) atoms. The van der Waals surface area contributed by atoms with Gasteiger partial charge in [-0.3, -0.25) is 4.99 Å². The molecule has 0 atom stereocenters. The number of halogens is 2. The lowest BCUT2D eigenvalue weighted by Crippen LogP contribution is -2.43. The van der Waals surface area contributed by atoms with Gasteiger partial charge in [-0.25, -0.2) is 4.98 Å². The summed E-state index contributed by atoms with van der Waals surface area (Å²) in [6.45, 7) is 0.600. The van der Waals surface area contributed by atoms with E-state index in [0.717, 1.165) is 23.6 Å². The van der Waals surface area contributed by atoms with Crippen molar-refractivity contribution in [3.05, 3.63) is 57.7 Å². The Bertz CT molecular complexity index is 810. The van der Waals surface area contributed by atoms with Crippen molar-refractivity contribution < 1.29 is 0 Å². The highest BCUT2D eigenvalue weighted by molar-refractivity contribution is 6.42. The first-order chi connectivity index (χ1) is 12.2. The molecule has 0 bridgehead atoms. The second-order valence-electron chi connectivity index (χ2n) is 7.07. The van der Waals surface area contributed by atoms with Gasteiger partial charge in [0.2, 0.25) is 0 Å². The maximum Gasteiger partial charge on any atom is 0.134 e. The molecule has 1 spiro atoms. The van der Waals surface area contributed by atoms with E-state index in [-0.39, 0.29) is 5.41 Å². The number of aliphatic imine (C=N–C) groups is 1. The van der Waals surface area contributed by atoms with Gasteiger partial charge >= 0.3 is 0 Å². The van der Waals surface area contributed by atoms with E-state index in [1.54, 1.807) is 0 Å². The highest BCUT2D eigenvalue weighted by Crippen LogP contribution is 2.44. The number of nitrogens with one attached hydrogen (secondary N) is 1. The molecule has 1 aliphatic heterocycles. The van der Waals surface area contributed by atoms with Crippen molar-refractivity contribution >= 4 is 34.9 Å². The van der Waals surface area contributed by atoms with Crippen LogP contribution in [-0.2, 0) is 13.0 Å². The third kappa shape index (κ3) is 3.40. The Labute approximate surface area is 158 Å². The molecule has 1 aliphatic carbocycles. The molecule has 0 saturated heterocycles. The molecule has 1 saturated carbocycles. The van der Waals surface area contributed by atoms with Crippen molar-refractivity contribution in [2.24, 2.45) is 10.4 Å². The predicted octanol–water partition coefficient (Wildman–Crippen LogP) is 5.91. The van der Waals surface area contributed by atoms with E-state index < -0.39 is 0 Å². The van der Waals surface area contributed by atoms with Crippen LogP contribution in [0.4, 0.5) is 5.82 Å². The summed E-state index contributed by atoms with van der Waals surface area (Å²) in [5.41, 5.74) is 2.50. The molecule has 130 valence electrons. The highest BCUT2D eigenvalue weighted by Gasteiger charge is 2.41. The number of anilines is 1. The number of amidine groups is 1. The number of fused-ring (bicyclic) bond motifs is 1. The summed E-state index contributed by atoms with van der Waals surface area (Å²) in [5, 5.41) is 4.69. The summed E-state index contributed by atoms with van der Waals surface area (Å²) in [7, 11) is 0. The van der Waals surface area contributed by atoms with Crippen LogP contribution in [0.5, 0.6) is 0 Å². The van der Waals surface area contributed by atoms with E-state index in [1.165, 1.54) is 37.7 Å². The molecule has 0 radical (unpaired) electrons. The normalized spacial score (nSPS) is 20.3. The molecule has 2 aliphatic rings. The fraction of sp³-hybridized carbons (Fsp3) is 0.400. The standard InChI is InChI=1S/C20H21Cl2N3/c21-16-7-6-14(11-17(16)22)13-24-19-20(8-2-1-3-9-20)12-15-5-4-10-23-18(15)25-19/h4-7,10-11H,1-3,8-9,12-13H2,(H,23,24,25). The molecule has 1 fully saturated rings. The van der Waals surface area contributed by atoms with Gasteiger partial charge in [-0.05, 0) is 48.6 Å². The van der Waals surface area contributed by atoms with Crippen LogP contribution in [0.25, 0.3) is 0 Å². The molecule has 3 nitrogen and oxygen atoms in total. The first kappa shape index (κ1) is 16.9. The molecule has 4 rings (SSSR count). The number of nitrogens with zero attached hydrogens (tertiary/aromatic N) is 2. The van der Waals surface area contributed by atoms with Gasteiger partial charge < -0.3 is 5.32 Å². The quantitative estimate of drug-likeness (QED) is 0.710. The number of pyridine rings is 1. The summed E-state index contributed by atoms with van der Waals surface area (Å²) in [6, 6.07) is 9.93. The fourth-order valence-electron chi connectivity index (χ4n) is 4.04. The zero-order valence-electron chi connectivity index (χ0n) is 14.1. The van der Waals surface area contributed by atoms with E-state index in [4.69, 9.17) is 28.2 Å². The Kier molecular flexibility index (Phi) is 4.70. The number of rotatable bonds is 2. The largest absolute Gasteiger partial charge is 0.328 e. The number of benzene rings is 1. The Morgan fingerprint density at radius 2 is 1.92 bits per heavy atom. The second kappa shape index (κ2) is 6.97. The van der Waals surface area contributed by atoms with Gasteiger partial charge in [0.25, 0.3) is 0 Å². The summed E-state index contributed by atoms with van der Waals surface area (Å²) in [5.74, 6) is 2.04. The third-order valence-corrected chi connectivity index (χ3v) is 6.11. The molecule has 1 aromatic heterocycles. The van der Waals surface area contributed by atoms with E-state index in [9.17, 15) is 0 Å². The Morgan fingerprint density at radius 1 is 1.08 bits per heavy atom. The van der Waals surface area contributed by atoms with Crippen molar-refractivity contribution in [1.29, 1.82) is 0 Å². The van der Waals surface area contributed by atoms with Crippen LogP contribution in [0.2, 0.25) is 10.0 Å². The zero-order chi connectivity index (χ0) is 17.3. The summed E-state index contributed by atoms with van der Waals surface area (Å²) in [4.78, 5) is 9.46. The average Bonchev–Trinajstić information content (AvgIpc) is 2.63. The molecule has 5 heteroatoms. The number of hydrogen-bond donors (Lipinski definition) is 1. The lowest BCUT2D eigenvalue weighted by atomic mass is 9.68. The molecule has 0 amide bonds. The lowest BCUT2D eigenvalue weighted by molar-refractivity contribution is 0.278. The van der Waals surface area contributed by atoms with Crippen molar-refractivity contribution in [3.8, 4) is 0 Å². The average molecular weight is 374 g/mol. The SMILES string of the molecule is Clc1ccc(CN=C2Nc3ncccc3CC23CCCCC3)cc1Cl. The molecular formula is C20H21Cl2N3. The minimum Gasteiger partial charge on any atom is -0.328 e. The smallest absolute Gasteiger partial charge is 0.134 e. The predicted molar refractivity (Wildman–Crippen MR) is 105 cm³/mol. The minimum atomic E-state index is 0.129. The molecule has 2 heterocycles. The van der Waals surface area contributed by atoms with E-state index in [0.29, 0.717) is 16.6 Å². The molecule has 1 N–H and O–H groups in total. The molecular weight excluding hydrogens is 353 g/mol. The second-order valence-corrected chi connectivity index (χ2v) is 7.88. The first-order valence-corrected chi connectivity index (χ1v) is 9.62. The van der Waals surface area contributed by atoms with Crippen molar-refractivity contribution in [2.75, 3.05) is 5.32 Å². The number of hydrogen-bond acceptors (Lipinski definition) is 2. The van der Waals surface area contributed by atoms with Gasteiger partial charge in [-0.2, -0.15) is 0 Å². The number of aromatic nitrogens is 1. The van der Waals surface area contributed by atoms with Crippen LogP contribution < -0.4 is 5.32 Å². The van der Waals surface area contributed by atoms with Crippen LogP contribution in [0.3, 0.4) is 0 Å². The van der Waals surface area contributed by atoms with E-state index >= 15 is 0 Å². The topological polar surface area (TPSA) is 37.3 Å². The zero-order valence-corrected chi connectivity index (χ0v) is 15.6. The maximum absolute atomic E-state index is 6.14. The van der Waals surface area contributed by atoms with E-state index in [2.05, 4.69) is 16.4 Å². The van der Waals surface area contributed by atoms with Crippen molar-refractivity contribution in [2.45, 2.75) is 45.1 Å². The van der Waals surface area contributed by atoms with Crippen LogP contribution in [-0.4, -0.2) is 10.8 Å². The van der Waals surface area contributed by atoms with Crippen molar-refractivity contribution in [1.82, 2.24) is 4.98 Å².